The van der Waals surface area contributed by atoms with Crippen LogP contribution in [0.1, 0.15) is 73.8 Å². The third-order valence-corrected chi connectivity index (χ3v) is 21.3. The van der Waals surface area contributed by atoms with Gasteiger partial charge in [0.15, 0.2) is 18.9 Å². The van der Waals surface area contributed by atoms with Crippen LogP contribution in [0.2, 0.25) is 0 Å². The highest BCUT2D eigenvalue weighted by Gasteiger charge is 2.50. The van der Waals surface area contributed by atoms with Gasteiger partial charge in [0.2, 0.25) is 0 Å². The zero-order chi connectivity index (χ0) is 83.0. The van der Waals surface area contributed by atoms with Crippen LogP contribution in [-0.4, -0.2) is 330 Å². The number of phosphoric ester groups is 2. The molecule has 3 aromatic heterocycles. The molecule has 0 bridgehead atoms. The van der Waals surface area contributed by atoms with Crippen LogP contribution in [-0.2, 0) is 119 Å². The first-order chi connectivity index (χ1) is 55.0. The van der Waals surface area contributed by atoms with Crippen LogP contribution in [0.3, 0.4) is 0 Å². The lowest BCUT2D eigenvalue weighted by molar-refractivity contribution is -0.301. The van der Waals surface area contributed by atoms with E-state index in [0.717, 1.165) is 0 Å². The van der Waals surface area contributed by atoms with Crippen LogP contribution < -0.4 is 0 Å². The van der Waals surface area contributed by atoms with Crippen molar-refractivity contribution < 1.29 is 156 Å². The molecule has 16 N–H and O–H groups in total. The lowest BCUT2D eigenvalue weighted by Gasteiger charge is -2.42. The maximum atomic E-state index is 14.8. The number of benzene rings is 3. The van der Waals surface area contributed by atoms with Gasteiger partial charge in [-0.3, -0.25) is 32.1 Å². The first kappa shape index (κ1) is 93.2. The quantitative estimate of drug-likeness (QED) is 0.0109. The third-order valence-electron chi connectivity index (χ3n) is 19.5. The Labute approximate surface area is 662 Å². The Balaban J connectivity index is 0.869. The molecule has 43 heteroatoms. The van der Waals surface area contributed by atoms with Crippen molar-refractivity contribution in [3.05, 3.63) is 143 Å². The molecular weight excluding hydrogens is 1560 g/mol. The van der Waals surface area contributed by atoms with Crippen LogP contribution in [0.5, 0.6) is 0 Å². The van der Waals surface area contributed by atoms with Crippen molar-refractivity contribution in [3.63, 3.8) is 0 Å². The van der Waals surface area contributed by atoms with Gasteiger partial charge in [-0.15, -0.1) is 15.3 Å². The molecule has 3 aliphatic heterocycles. The Bertz CT molecular complexity index is 3790. The van der Waals surface area contributed by atoms with E-state index in [1.54, 1.807) is 68.8 Å². The number of aryl methyl sites for hydroxylation is 3. The monoisotopic (exact) mass is 1670 g/mol. The summed E-state index contributed by atoms with van der Waals surface area (Å²) in [6, 6.07) is 27.1. The van der Waals surface area contributed by atoms with Gasteiger partial charge in [-0.05, 0) is 36.0 Å². The van der Waals surface area contributed by atoms with Gasteiger partial charge in [0.05, 0.1) is 150 Å². The number of aliphatic hydroxyl groups excluding tert-OH is 14. The molecule has 115 heavy (non-hydrogen) atoms. The number of aromatic nitrogens is 9. The van der Waals surface area contributed by atoms with Gasteiger partial charge in [0, 0.05) is 35.9 Å². The van der Waals surface area contributed by atoms with Crippen molar-refractivity contribution in [1.29, 1.82) is 0 Å². The number of ether oxygens (including phenoxy) is 10. The van der Waals surface area contributed by atoms with Crippen LogP contribution >= 0.6 is 15.6 Å². The Morgan fingerprint density at radius 3 is 1.03 bits per heavy atom. The first-order valence-electron chi connectivity index (χ1n) is 37.4. The van der Waals surface area contributed by atoms with Gasteiger partial charge >= 0.3 is 15.6 Å². The Kier molecular flexibility index (Phi) is 35.7. The summed E-state index contributed by atoms with van der Waals surface area (Å²) in [4.78, 5) is 23.3. The molecule has 9 rings (SSSR count). The average molecular weight is 1670 g/mol. The third kappa shape index (κ3) is 26.2. The fraction of sp³-hybridized carbons (Fsp3) is 0.667. The SMILES string of the molecule is CC(CO)(COCc1cn(CCCO[C@@H]2O[C@H](CO)[C@H](O)[C@H](O)[C@H]2O)nn1)COP(=O)(O)OCC(C)(COCc1cn(CCCO[C@@H]2O[C@H](CO)[C@H](O)[C@H](O)[C@H]2O)nn1)COCC(C)(COCc1cn(CCCO[C@@H]2O[C@H](CO)[C@H](O)[C@H](O)[C@H]2O)nn1)COP(=O)(O)OC(CO)C(c1ccccc1)(c1ccccc1)c1ccccc1. The molecule has 644 valence electrons. The van der Waals surface area contributed by atoms with Crippen LogP contribution in [0.25, 0.3) is 0 Å². The van der Waals surface area contributed by atoms with Gasteiger partial charge in [0.25, 0.3) is 0 Å². The van der Waals surface area contributed by atoms with Crippen molar-refractivity contribution in [2.45, 2.75) is 183 Å². The highest BCUT2D eigenvalue weighted by molar-refractivity contribution is 7.47. The second-order valence-corrected chi connectivity index (χ2v) is 32.5. The van der Waals surface area contributed by atoms with Crippen molar-refractivity contribution in [1.82, 2.24) is 45.0 Å². The molecule has 0 aliphatic carbocycles. The van der Waals surface area contributed by atoms with Crippen molar-refractivity contribution in [3.8, 4) is 0 Å². The Morgan fingerprint density at radius 2 is 0.713 bits per heavy atom. The molecule has 6 heterocycles. The highest BCUT2D eigenvalue weighted by Crippen LogP contribution is 2.53. The molecule has 3 saturated heterocycles. The maximum Gasteiger partial charge on any atom is 0.472 e. The van der Waals surface area contributed by atoms with E-state index in [2.05, 4.69) is 30.9 Å². The predicted octanol–water partition coefficient (Wildman–Crippen LogP) is -2.28. The van der Waals surface area contributed by atoms with E-state index >= 15 is 0 Å². The number of nitrogens with zero attached hydrogens (tertiary/aromatic N) is 9. The van der Waals surface area contributed by atoms with Crippen LogP contribution in [0, 0.1) is 16.2 Å². The minimum absolute atomic E-state index is 0.00827. The fourth-order valence-electron chi connectivity index (χ4n) is 12.9. The summed E-state index contributed by atoms with van der Waals surface area (Å²) in [5.74, 6) is 0. The van der Waals surface area contributed by atoms with E-state index in [1.165, 1.54) is 21.0 Å². The van der Waals surface area contributed by atoms with Gasteiger partial charge < -0.3 is 129 Å². The molecule has 3 aromatic carbocycles. The van der Waals surface area contributed by atoms with E-state index < -0.39 is 188 Å². The molecule has 21 atom stereocenters. The molecule has 0 amide bonds. The summed E-state index contributed by atoms with van der Waals surface area (Å²) in [5, 5.41) is 168. The van der Waals surface area contributed by atoms with E-state index in [4.69, 9.17) is 65.5 Å². The second kappa shape index (κ2) is 44.0. The van der Waals surface area contributed by atoms with Gasteiger partial charge in [-0.25, -0.2) is 9.13 Å². The average Bonchev–Trinajstić information content (AvgIpc) is 1.39. The zero-order valence-corrected chi connectivity index (χ0v) is 65.7. The topological polar surface area (TPSA) is 579 Å². The van der Waals surface area contributed by atoms with Crippen LogP contribution in [0.4, 0.5) is 0 Å². The largest absolute Gasteiger partial charge is 0.472 e. The minimum atomic E-state index is -5.25. The Morgan fingerprint density at radius 1 is 0.409 bits per heavy atom. The van der Waals surface area contributed by atoms with E-state index in [9.17, 15) is 90.4 Å². The number of rotatable bonds is 51. The van der Waals surface area contributed by atoms with Crippen LogP contribution in [0.15, 0.2) is 110 Å². The Hall–Kier alpha value is -5.66. The standard InChI is InChI=1S/C72H109N9O32P2/c1-69(38-86,39-100-35-50-28-79(76-73-50)22-13-25-104-66-63(93)60(90)57(87)53(31-82)110-66)44-107-114(96,97)108-45-70(2,40-101-36-51-29-80(77-74-51)23-14-26-105-67-64(94)61(91)58(88)54(32-83)111-67)42-103-43-71(3,41-102-37-52-30-81(78-75-52)24-15-27-106-68-65(95)62(92)59(89)55(33-84)112-68)46-109-115(98,99)113-56(34-85)72(47-16-7-4-8-17-47,48-18-9-5-10-19-48)49-20-11-6-12-21-49/h4-12,16-21,28-30,53-68,82-95H,13-15,22-27,31-46H2,1-3H3,(H,96,97)(H,98,99)/t53-,54-,55-,56?,57+,58+,59+,60+,61+,62+,63-,64-,65-,66-,67-,68-,69?,70?,71?/m1/s1. The van der Waals surface area contributed by atoms with Gasteiger partial charge in [-0.1, -0.05) is 127 Å². The van der Waals surface area contributed by atoms with Crippen molar-refractivity contribution in [2.24, 2.45) is 16.2 Å². The summed E-state index contributed by atoms with van der Waals surface area (Å²) < 4.78 is 114. The van der Waals surface area contributed by atoms with Crippen molar-refractivity contribution >= 4 is 15.6 Å². The molecule has 0 radical (unpaired) electrons. The number of hydrogen-bond donors (Lipinski definition) is 16. The van der Waals surface area contributed by atoms with E-state index in [-0.39, 0.29) is 92.3 Å². The molecule has 3 aliphatic rings. The second-order valence-electron chi connectivity index (χ2n) is 29.7. The summed E-state index contributed by atoms with van der Waals surface area (Å²) in [6.45, 7) is -1.44. The zero-order valence-electron chi connectivity index (χ0n) is 63.9. The number of phosphoric acid groups is 2. The van der Waals surface area contributed by atoms with Crippen molar-refractivity contribution in [2.75, 3.05) is 106 Å². The van der Waals surface area contributed by atoms with E-state index in [0.29, 0.717) is 53.0 Å². The molecule has 3 fully saturated rings. The summed E-state index contributed by atoms with van der Waals surface area (Å²) in [7, 11) is -10.3. The van der Waals surface area contributed by atoms with E-state index in [1.807, 2.05) is 54.6 Å². The molecule has 6 aromatic rings. The molecule has 41 nitrogen and oxygen atoms in total. The first-order valence-corrected chi connectivity index (χ1v) is 40.4. The van der Waals surface area contributed by atoms with Gasteiger partial charge in [-0.2, -0.15) is 0 Å². The maximum absolute atomic E-state index is 14.8. The highest BCUT2D eigenvalue weighted by atomic mass is 31.2. The number of aliphatic hydroxyl groups is 14. The summed E-state index contributed by atoms with van der Waals surface area (Å²) in [5.41, 5.74) is -2.60. The molecule has 6 unspecified atom stereocenters. The molecule has 0 saturated carbocycles. The lowest BCUT2D eigenvalue weighted by atomic mass is 9.66. The predicted molar refractivity (Wildman–Crippen MR) is 393 cm³/mol. The normalized spacial score (nSPS) is 27.1. The fourth-order valence-corrected chi connectivity index (χ4v) is 15.0. The summed E-state index contributed by atoms with van der Waals surface area (Å²) >= 11 is 0. The molecule has 0 spiro atoms. The van der Waals surface area contributed by atoms with Gasteiger partial charge in [0.1, 0.15) is 96.4 Å². The lowest BCUT2D eigenvalue weighted by Crippen LogP contribution is -2.59. The summed E-state index contributed by atoms with van der Waals surface area (Å²) in [6.07, 6.45) is -17.5. The molecular formula is C72H109N9O32P2. The smallest absolute Gasteiger partial charge is 0.396 e. The number of hydrogen-bond acceptors (Lipinski definition) is 36. The minimum Gasteiger partial charge on any atom is -0.396 e.